The van der Waals surface area contributed by atoms with Gasteiger partial charge in [0.1, 0.15) is 12.1 Å². The number of aryl methyl sites for hydroxylation is 1. The van der Waals surface area contributed by atoms with Crippen LogP contribution < -0.4 is 10.6 Å². The highest BCUT2D eigenvalue weighted by Crippen LogP contribution is 2.28. The number of amides is 1. The fraction of sp³-hybridized carbons (Fsp3) is 0.500. The molecule has 2 aromatic rings. The van der Waals surface area contributed by atoms with Gasteiger partial charge in [-0.25, -0.2) is 9.97 Å². The largest absolute Gasteiger partial charge is 0.379 e. The number of methoxy groups -OCH3 is 1. The fourth-order valence-corrected chi connectivity index (χ4v) is 3.56. The van der Waals surface area contributed by atoms with Gasteiger partial charge in [0, 0.05) is 43.7 Å². The molecule has 0 aromatic carbocycles. The van der Waals surface area contributed by atoms with Crippen LogP contribution in [0.15, 0.2) is 36.9 Å². The Morgan fingerprint density at radius 3 is 2.96 bits per heavy atom. The molecular weight excluding hydrogens is 342 g/mol. The van der Waals surface area contributed by atoms with E-state index in [-0.39, 0.29) is 24.0 Å². The average molecular weight is 369 g/mol. The summed E-state index contributed by atoms with van der Waals surface area (Å²) in [5.41, 5.74) is 2.03. The van der Waals surface area contributed by atoms with Gasteiger partial charge in [-0.3, -0.25) is 9.78 Å². The Bertz CT molecular complexity index is 740. The summed E-state index contributed by atoms with van der Waals surface area (Å²) in [7, 11) is 1.72. The van der Waals surface area contributed by atoms with Crippen molar-refractivity contribution in [3.8, 4) is 0 Å². The van der Waals surface area contributed by atoms with Crippen molar-refractivity contribution in [2.45, 2.75) is 44.8 Å². The van der Waals surface area contributed by atoms with Crippen molar-refractivity contribution in [1.82, 2.24) is 20.3 Å². The van der Waals surface area contributed by atoms with Crippen LogP contribution in [-0.4, -0.2) is 46.7 Å². The number of rotatable bonds is 7. The van der Waals surface area contributed by atoms with Crippen LogP contribution in [0, 0.1) is 12.8 Å². The van der Waals surface area contributed by atoms with Crippen molar-refractivity contribution < 1.29 is 9.53 Å². The molecular formula is C20H27N5O2. The molecule has 7 nitrogen and oxygen atoms in total. The van der Waals surface area contributed by atoms with Gasteiger partial charge in [0.25, 0.3) is 0 Å². The number of ether oxygens (including phenoxy) is 1. The molecule has 1 aliphatic rings. The smallest absolute Gasteiger partial charge is 0.223 e. The van der Waals surface area contributed by atoms with Gasteiger partial charge >= 0.3 is 0 Å². The minimum Gasteiger partial charge on any atom is -0.379 e. The molecule has 1 amide bonds. The van der Waals surface area contributed by atoms with Crippen LogP contribution >= 0.6 is 0 Å². The monoisotopic (exact) mass is 369 g/mol. The SMILES string of the molecule is CO[C@@H]1CC[C@H](C(=O)NCCc2cccnc2)C[C@H]1Nc1cc(C)ncn1. The lowest BCUT2D eigenvalue weighted by Crippen LogP contribution is -2.45. The van der Waals surface area contributed by atoms with E-state index in [0.29, 0.717) is 6.54 Å². The van der Waals surface area contributed by atoms with E-state index in [0.717, 1.165) is 42.8 Å². The Balaban J connectivity index is 1.54. The molecule has 144 valence electrons. The Labute approximate surface area is 160 Å². The Morgan fingerprint density at radius 1 is 1.33 bits per heavy atom. The second-order valence-corrected chi connectivity index (χ2v) is 6.98. The van der Waals surface area contributed by atoms with Crippen LogP contribution in [0.25, 0.3) is 0 Å². The van der Waals surface area contributed by atoms with Gasteiger partial charge in [0.05, 0.1) is 12.1 Å². The predicted molar refractivity (Wildman–Crippen MR) is 103 cm³/mol. The number of carbonyl (C=O) groups excluding carboxylic acids is 1. The maximum Gasteiger partial charge on any atom is 0.223 e. The molecule has 3 atom stereocenters. The molecule has 1 fully saturated rings. The maximum absolute atomic E-state index is 12.6. The van der Waals surface area contributed by atoms with Crippen molar-refractivity contribution in [1.29, 1.82) is 0 Å². The third kappa shape index (κ3) is 5.47. The summed E-state index contributed by atoms with van der Waals surface area (Å²) in [5.74, 6) is 0.858. The minimum absolute atomic E-state index is 0.0225. The molecule has 1 saturated carbocycles. The lowest BCUT2D eigenvalue weighted by atomic mass is 9.83. The number of nitrogens with one attached hydrogen (secondary N) is 2. The third-order valence-corrected chi connectivity index (χ3v) is 5.03. The Morgan fingerprint density at radius 2 is 2.22 bits per heavy atom. The van der Waals surface area contributed by atoms with Crippen molar-refractivity contribution >= 4 is 11.7 Å². The van der Waals surface area contributed by atoms with Crippen LogP contribution in [0.4, 0.5) is 5.82 Å². The second-order valence-electron chi connectivity index (χ2n) is 6.98. The van der Waals surface area contributed by atoms with Gasteiger partial charge in [0.2, 0.25) is 5.91 Å². The molecule has 2 heterocycles. The maximum atomic E-state index is 12.6. The van der Waals surface area contributed by atoms with E-state index in [2.05, 4.69) is 25.6 Å². The number of nitrogens with zero attached hydrogens (tertiary/aromatic N) is 3. The second kappa shape index (κ2) is 9.41. The molecule has 2 aromatic heterocycles. The number of pyridine rings is 1. The van der Waals surface area contributed by atoms with Gasteiger partial charge in [-0.15, -0.1) is 0 Å². The van der Waals surface area contributed by atoms with Gasteiger partial charge in [-0.1, -0.05) is 6.07 Å². The van der Waals surface area contributed by atoms with E-state index in [1.165, 1.54) is 0 Å². The van der Waals surface area contributed by atoms with Gasteiger partial charge < -0.3 is 15.4 Å². The topological polar surface area (TPSA) is 89.0 Å². The average Bonchev–Trinajstić information content (AvgIpc) is 2.69. The van der Waals surface area contributed by atoms with Crippen LogP contribution in [-0.2, 0) is 16.0 Å². The number of hydrogen-bond acceptors (Lipinski definition) is 6. The molecule has 0 aliphatic heterocycles. The first-order valence-corrected chi connectivity index (χ1v) is 9.40. The zero-order valence-electron chi connectivity index (χ0n) is 15.9. The summed E-state index contributed by atoms with van der Waals surface area (Å²) in [6, 6.07) is 5.89. The number of hydrogen-bond donors (Lipinski definition) is 2. The van der Waals surface area contributed by atoms with E-state index in [9.17, 15) is 4.79 Å². The molecule has 0 unspecified atom stereocenters. The first-order chi connectivity index (χ1) is 13.2. The highest BCUT2D eigenvalue weighted by atomic mass is 16.5. The highest BCUT2D eigenvalue weighted by molar-refractivity contribution is 5.78. The summed E-state index contributed by atoms with van der Waals surface area (Å²) in [6.07, 6.45) is 8.39. The van der Waals surface area contributed by atoms with E-state index < -0.39 is 0 Å². The van der Waals surface area contributed by atoms with Crippen molar-refractivity contribution in [3.05, 3.63) is 48.2 Å². The Kier molecular flexibility index (Phi) is 6.70. The Hall–Kier alpha value is -2.54. The first-order valence-electron chi connectivity index (χ1n) is 9.40. The molecule has 0 spiro atoms. The van der Waals surface area contributed by atoms with Crippen molar-refractivity contribution in [3.63, 3.8) is 0 Å². The van der Waals surface area contributed by atoms with E-state index in [1.807, 2.05) is 31.3 Å². The molecule has 3 rings (SSSR count). The van der Waals surface area contributed by atoms with E-state index in [1.54, 1.807) is 19.6 Å². The van der Waals surface area contributed by atoms with Crippen LogP contribution in [0.3, 0.4) is 0 Å². The van der Waals surface area contributed by atoms with E-state index in [4.69, 9.17) is 4.74 Å². The first kappa shape index (κ1) is 19.2. The van der Waals surface area contributed by atoms with Crippen LogP contribution in [0.5, 0.6) is 0 Å². The summed E-state index contributed by atoms with van der Waals surface area (Å²) < 4.78 is 5.63. The summed E-state index contributed by atoms with van der Waals surface area (Å²) >= 11 is 0. The quantitative estimate of drug-likeness (QED) is 0.777. The lowest BCUT2D eigenvalue weighted by molar-refractivity contribution is -0.126. The zero-order valence-corrected chi connectivity index (χ0v) is 15.9. The number of aromatic nitrogens is 3. The molecule has 1 aliphatic carbocycles. The molecule has 0 radical (unpaired) electrons. The lowest BCUT2D eigenvalue weighted by Gasteiger charge is -2.35. The summed E-state index contributed by atoms with van der Waals surface area (Å²) in [6.45, 7) is 2.55. The molecule has 0 saturated heterocycles. The highest BCUT2D eigenvalue weighted by Gasteiger charge is 2.34. The molecule has 7 heteroatoms. The number of anilines is 1. The fourth-order valence-electron chi connectivity index (χ4n) is 3.56. The van der Waals surface area contributed by atoms with Crippen LogP contribution in [0.2, 0.25) is 0 Å². The third-order valence-electron chi connectivity index (χ3n) is 5.03. The van der Waals surface area contributed by atoms with Gasteiger partial charge in [-0.05, 0) is 44.2 Å². The van der Waals surface area contributed by atoms with Gasteiger partial charge in [-0.2, -0.15) is 0 Å². The van der Waals surface area contributed by atoms with Crippen molar-refractivity contribution in [2.75, 3.05) is 19.0 Å². The number of carbonyl (C=O) groups is 1. The van der Waals surface area contributed by atoms with Gasteiger partial charge in [0.15, 0.2) is 0 Å². The zero-order chi connectivity index (χ0) is 19.1. The molecule has 0 bridgehead atoms. The van der Waals surface area contributed by atoms with Crippen molar-refractivity contribution in [2.24, 2.45) is 5.92 Å². The standard InChI is InChI=1S/C20H27N5O2/c1-14-10-19(24-13-23-14)25-17-11-16(5-6-18(17)27-2)20(26)22-9-7-15-4-3-8-21-12-15/h3-4,8,10,12-13,16-18H,5-7,9,11H2,1-2H3,(H,22,26)(H,23,24,25)/t16-,17+,18+/m0/s1. The predicted octanol–water partition coefficient (Wildman–Crippen LogP) is 2.13. The summed E-state index contributed by atoms with van der Waals surface area (Å²) in [5, 5.41) is 6.49. The van der Waals surface area contributed by atoms with E-state index >= 15 is 0 Å². The normalized spacial score (nSPS) is 22.2. The molecule has 2 N–H and O–H groups in total. The minimum atomic E-state index is -0.0225. The summed E-state index contributed by atoms with van der Waals surface area (Å²) in [4.78, 5) is 25.1. The van der Waals surface area contributed by atoms with Crippen LogP contribution in [0.1, 0.15) is 30.5 Å². The molecule has 27 heavy (non-hydrogen) atoms.